The summed E-state index contributed by atoms with van der Waals surface area (Å²) in [7, 11) is -0.657. The number of sulfonamides is 1. The maximum atomic E-state index is 13.2. The molecule has 4 rings (SSSR count). The standard InChI is InChI=1S/C24H24N2O5S/c1-30-19-7-3-16(4-8-19)13-23(17-5-9-20(31-2)10-6-17)26-32(28,29)21-11-12-22-18(14-21)15-24(27)25-22/h3-12,14,23,26H,13,15H2,1-2H3,(H,25,27). The number of carbonyl (C=O) groups is 1. The summed E-state index contributed by atoms with van der Waals surface area (Å²) >= 11 is 0. The Labute approximate surface area is 187 Å². The molecule has 2 N–H and O–H groups in total. The predicted octanol–water partition coefficient (Wildman–Crippen LogP) is 3.46. The van der Waals surface area contributed by atoms with Crippen molar-refractivity contribution in [3.05, 3.63) is 83.4 Å². The van der Waals surface area contributed by atoms with Crippen LogP contribution in [-0.2, 0) is 27.7 Å². The van der Waals surface area contributed by atoms with Crippen molar-refractivity contribution in [1.82, 2.24) is 4.72 Å². The van der Waals surface area contributed by atoms with E-state index in [2.05, 4.69) is 10.0 Å². The molecule has 0 spiro atoms. The van der Waals surface area contributed by atoms with Gasteiger partial charge in [0.15, 0.2) is 0 Å². The molecule has 1 unspecified atom stereocenters. The van der Waals surface area contributed by atoms with E-state index in [9.17, 15) is 13.2 Å². The number of amides is 1. The third-order valence-electron chi connectivity index (χ3n) is 5.43. The summed E-state index contributed by atoms with van der Waals surface area (Å²) in [6.45, 7) is 0. The normalized spacial score (nSPS) is 13.9. The fraction of sp³-hybridized carbons (Fsp3) is 0.208. The molecule has 1 heterocycles. The Morgan fingerprint density at radius 2 is 1.56 bits per heavy atom. The fourth-order valence-corrected chi connectivity index (χ4v) is 4.96. The van der Waals surface area contributed by atoms with Crippen molar-refractivity contribution in [2.24, 2.45) is 0 Å². The molecular weight excluding hydrogens is 428 g/mol. The number of nitrogens with one attached hydrogen (secondary N) is 2. The Kier molecular flexibility index (Phi) is 6.16. The lowest BCUT2D eigenvalue weighted by molar-refractivity contribution is -0.115. The van der Waals surface area contributed by atoms with Gasteiger partial charge in [0.2, 0.25) is 15.9 Å². The lowest BCUT2D eigenvalue weighted by Crippen LogP contribution is -2.30. The molecule has 7 nitrogen and oxygen atoms in total. The summed E-state index contributed by atoms with van der Waals surface area (Å²) in [5, 5.41) is 2.72. The van der Waals surface area contributed by atoms with E-state index < -0.39 is 16.1 Å². The largest absolute Gasteiger partial charge is 0.497 e. The van der Waals surface area contributed by atoms with E-state index in [0.29, 0.717) is 23.4 Å². The first kappa shape index (κ1) is 21.9. The van der Waals surface area contributed by atoms with Gasteiger partial charge < -0.3 is 14.8 Å². The Morgan fingerprint density at radius 1 is 0.938 bits per heavy atom. The SMILES string of the molecule is COc1ccc(CC(NS(=O)(=O)c2ccc3c(c2)CC(=O)N3)c2ccc(OC)cc2)cc1. The molecule has 1 aliphatic heterocycles. The molecule has 0 radical (unpaired) electrons. The maximum Gasteiger partial charge on any atom is 0.241 e. The van der Waals surface area contributed by atoms with Crippen molar-refractivity contribution in [3.8, 4) is 11.5 Å². The number of methoxy groups -OCH3 is 2. The average Bonchev–Trinajstić information content (AvgIpc) is 3.18. The fourth-order valence-electron chi connectivity index (χ4n) is 3.69. The number of fused-ring (bicyclic) bond motifs is 1. The molecule has 32 heavy (non-hydrogen) atoms. The molecule has 0 aromatic heterocycles. The van der Waals surface area contributed by atoms with Crippen LogP contribution in [0.15, 0.2) is 71.6 Å². The predicted molar refractivity (Wildman–Crippen MR) is 122 cm³/mol. The highest BCUT2D eigenvalue weighted by molar-refractivity contribution is 7.89. The van der Waals surface area contributed by atoms with Crippen LogP contribution in [-0.4, -0.2) is 28.5 Å². The summed E-state index contributed by atoms with van der Waals surface area (Å²) in [5.74, 6) is 1.28. The third kappa shape index (κ3) is 4.76. The van der Waals surface area contributed by atoms with Crippen molar-refractivity contribution < 1.29 is 22.7 Å². The molecule has 0 aliphatic carbocycles. The molecule has 1 amide bonds. The van der Waals surface area contributed by atoms with Crippen LogP contribution in [0.2, 0.25) is 0 Å². The van der Waals surface area contributed by atoms with Crippen LogP contribution in [0.3, 0.4) is 0 Å². The monoisotopic (exact) mass is 452 g/mol. The minimum atomic E-state index is -3.84. The molecule has 1 atom stereocenters. The van der Waals surface area contributed by atoms with Gasteiger partial charge in [-0.05, 0) is 65.6 Å². The summed E-state index contributed by atoms with van der Waals surface area (Å²) < 4.78 is 39.8. The maximum absolute atomic E-state index is 13.2. The highest BCUT2D eigenvalue weighted by atomic mass is 32.2. The molecule has 166 valence electrons. The molecule has 0 saturated heterocycles. The molecule has 0 fully saturated rings. The Morgan fingerprint density at radius 3 is 2.19 bits per heavy atom. The topological polar surface area (TPSA) is 93.7 Å². The van der Waals surface area contributed by atoms with E-state index in [1.54, 1.807) is 38.5 Å². The lowest BCUT2D eigenvalue weighted by Gasteiger charge is -2.20. The van der Waals surface area contributed by atoms with Gasteiger partial charge in [0.05, 0.1) is 31.6 Å². The highest BCUT2D eigenvalue weighted by Crippen LogP contribution is 2.28. The molecule has 0 bridgehead atoms. The van der Waals surface area contributed by atoms with Gasteiger partial charge in [0.1, 0.15) is 11.5 Å². The first-order valence-corrected chi connectivity index (χ1v) is 11.6. The van der Waals surface area contributed by atoms with E-state index in [0.717, 1.165) is 16.9 Å². The van der Waals surface area contributed by atoms with Crippen LogP contribution in [0.5, 0.6) is 11.5 Å². The van der Waals surface area contributed by atoms with E-state index in [-0.39, 0.29) is 17.2 Å². The van der Waals surface area contributed by atoms with Crippen LogP contribution in [0.25, 0.3) is 0 Å². The van der Waals surface area contributed by atoms with Crippen LogP contribution < -0.4 is 19.5 Å². The second kappa shape index (κ2) is 9.02. The van der Waals surface area contributed by atoms with Gasteiger partial charge in [0, 0.05) is 5.69 Å². The first-order chi connectivity index (χ1) is 15.4. The zero-order valence-corrected chi connectivity index (χ0v) is 18.6. The Balaban J connectivity index is 1.64. The molecule has 1 aliphatic rings. The second-order valence-electron chi connectivity index (χ2n) is 7.54. The van der Waals surface area contributed by atoms with Gasteiger partial charge in [-0.25, -0.2) is 13.1 Å². The van der Waals surface area contributed by atoms with Gasteiger partial charge in [-0.15, -0.1) is 0 Å². The van der Waals surface area contributed by atoms with Gasteiger partial charge in [0.25, 0.3) is 0 Å². The van der Waals surface area contributed by atoms with Gasteiger partial charge in [-0.2, -0.15) is 0 Å². The smallest absolute Gasteiger partial charge is 0.241 e. The van der Waals surface area contributed by atoms with Gasteiger partial charge >= 0.3 is 0 Å². The summed E-state index contributed by atoms with van der Waals surface area (Å²) in [6.07, 6.45) is 0.618. The number of hydrogen-bond donors (Lipinski definition) is 2. The highest BCUT2D eigenvalue weighted by Gasteiger charge is 2.25. The Hall–Kier alpha value is -3.36. The number of ether oxygens (including phenoxy) is 2. The van der Waals surface area contributed by atoms with E-state index >= 15 is 0 Å². The van der Waals surface area contributed by atoms with Crippen molar-refractivity contribution in [2.45, 2.75) is 23.8 Å². The third-order valence-corrected chi connectivity index (χ3v) is 6.90. The number of anilines is 1. The molecular formula is C24H24N2O5S. The van der Waals surface area contributed by atoms with Crippen molar-refractivity contribution in [2.75, 3.05) is 19.5 Å². The number of benzene rings is 3. The van der Waals surface area contributed by atoms with Gasteiger partial charge in [-0.3, -0.25) is 4.79 Å². The number of rotatable bonds is 8. The Bertz CT molecular complexity index is 1220. The van der Waals surface area contributed by atoms with E-state index in [1.807, 2.05) is 36.4 Å². The first-order valence-electron chi connectivity index (χ1n) is 10.1. The number of hydrogen-bond acceptors (Lipinski definition) is 5. The van der Waals surface area contributed by atoms with Crippen molar-refractivity contribution >= 4 is 21.6 Å². The van der Waals surface area contributed by atoms with Crippen molar-refractivity contribution in [1.29, 1.82) is 0 Å². The van der Waals surface area contributed by atoms with Crippen LogP contribution in [0.4, 0.5) is 5.69 Å². The van der Waals surface area contributed by atoms with Gasteiger partial charge in [-0.1, -0.05) is 24.3 Å². The summed E-state index contributed by atoms with van der Waals surface area (Å²) in [5.41, 5.74) is 3.09. The number of carbonyl (C=O) groups excluding carboxylic acids is 1. The van der Waals surface area contributed by atoms with E-state index in [4.69, 9.17) is 9.47 Å². The average molecular weight is 453 g/mol. The zero-order valence-electron chi connectivity index (χ0n) is 17.8. The lowest BCUT2D eigenvalue weighted by atomic mass is 9.99. The van der Waals surface area contributed by atoms with Crippen molar-refractivity contribution in [3.63, 3.8) is 0 Å². The molecule has 8 heteroatoms. The van der Waals surface area contributed by atoms with E-state index in [1.165, 1.54) is 6.07 Å². The molecule has 3 aromatic carbocycles. The molecule has 0 saturated carbocycles. The molecule has 3 aromatic rings. The zero-order chi connectivity index (χ0) is 22.7. The minimum absolute atomic E-state index is 0.126. The summed E-state index contributed by atoms with van der Waals surface area (Å²) in [6, 6.07) is 19.0. The minimum Gasteiger partial charge on any atom is -0.497 e. The van der Waals surface area contributed by atoms with Crippen LogP contribution in [0.1, 0.15) is 22.7 Å². The van der Waals surface area contributed by atoms with Crippen LogP contribution >= 0.6 is 0 Å². The summed E-state index contributed by atoms with van der Waals surface area (Å²) in [4.78, 5) is 11.8. The quantitative estimate of drug-likeness (QED) is 0.546. The van der Waals surface area contributed by atoms with Crippen LogP contribution in [0, 0.1) is 0 Å². The second-order valence-corrected chi connectivity index (χ2v) is 9.26.